The molecule has 0 aromatic heterocycles. The van der Waals surface area contributed by atoms with E-state index in [2.05, 4.69) is 91.9 Å². The molecule has 0 nitrogen and oxygen atoms in total. The number of fused-ring (bicyclic) bond motifs is 10. The van der Waals surface area contributed by atoms with Gasteiger partial charge in [0.2, 0.25) is 0 Å². The summed E-state index contributed by atoms with van der Waals surface area (Å²) in [7, 11) is 0. The van der Waals surface area contributed by atoms with Crippen LogP contribution >= 0.6 is 0 Å². The molecule has 0 aliphatic heterocycles. The molecule has 0 N–H and O–H groups in total. The van der Waals surface area contributed by atoms with Gasteiger partial charge in [-0.25, -0.2) is 0 Å². The molecule has 0 heteroatoms. The molecular weight excluding hydrogens is 384 g/mol. The SMILES string of the molecule is Cc1ccc2c(c1)C1(c3ccccc3-2)c2ccccc2-c2ccc(C3CCCCC3)cc21. The number of hydrogen-bond donors (Lipinski definition) is 0. The second-order valence-electron chi connectivity index (χ2n) is 10.0. The Labute approximate surface area is 191 Å². The summed E-state index contributed by atoms with van der Waals surface area (Å²) in [5.74, 6) is 0.712. The van der Waals surface area contributed by atoms with Gasteiger partial charge in [-0.15, -0.1) is 0 Å². The molecule has 3 aliphatic carbocycles. The van der Waals surface area contributed by atoms with Crippen molar-refractivity contribution in [2.24, 2.45) is 0 Å². The van der Waals surface area contributed by atoms with Crippen molar-refractivity contribution in [3.05, 3.63) is 118 Å². The predicted octanol–water partition coefficient (Wildman–Crippen LogP) is 8.39. The lowest BCUT2D eigenvalue weighted by atomic mass is 9.69. The number of aryl methyl sites for hydroxylation is 1. The lowest BCUT2D eigenvalue weighted by Crippen LogP contribution is -2.26. The summed E-state index contributed by atoms with van der Waals surface area (Å²) in [6.45, 7) is 2.23. The van der Waals surface area contributed by atoms with Crippen LogP contribution in [-0.2, 0) is 5.41 Å². The molecule has 0 saturated heterocycles. The van der Waals surface area contributed by atoms with Crippen LogP contribution in [0.2, 0.25) is 0 Å². The molecule has 1 fully saturated rings. The zero-order chi connectivity index (χ0) is 21.3. The highest BCUT2D eigenvalue weighted by atomic mass is 14.5. The summed E-state index contributed by atoms with van der Waals surface area (Å²) in [4.78, 5) is 0. The van der Waals surface area contributed by atoms with Gasteiger partial charge < -0.3 is 0 Å². The van der Waals surface area contributed by atoms with Gasteiger partial charge in [-0.05, 0) is 75.8 Å². The van der Waals surface area contributed by atoms with Crippen molar-refractivity contribution in [3.63, 3.8) is 0 Å². The summed E-state index contributed by atoms with van der Waals surface area (Å²) in [5, 5.41) is 0. The highest BCUT2D eigenvalue weighted by molar-refractivity contribution is 5.95. The van der Waals surface area contributed by atoms with Crippen LogP contribution in [0.4, 0.5) is 0 Å². The van der Waals surface area contributed by atoms with Crippen LogP contribution in [-0.4, -0.2) is 0 Å². The Morgan fingerprint density at radius 1 is 0.562 bits per heavy atom. The minimum atomic E-state index is -0.200. The first-order chi connectivity index (χ1) is 15.8. The topological polar surface area (TPSA) is 0 Å². The van der Waals surface area contributed by atoms with E-state index in [1.807, 2.05) is 0 Å². The maximum atomic E-state index is 2.60. The van der Waals surface area contributed by atoms with Gasteiger partial charge >= 0.3 is 0 Å². The fourth-order valence-corrected chi connectivity index (χ4v) is 6.96. The van der Waals surface area contributed by atoms with E-state index in [0.29, 0.717) is 5.92 Å². The smallest absolute Gasteiger partial charge is 0.0619 e. The lowest BCUT2D eigenvalue weighted by molar-refractivity contribution is 0.443. The molecule has 1 spiro atoms. The minimum Gasteiger partial charge on any atom is -0.0619 e. The van der Waals surface area contributed by atoms with Gasteiger partial charge in [0.1, 0.15) is 0 Å². The second-order valence-corrected chi connectivity index (χ2v) is 10.0. The van der Waals surface area contributed by atoms with E-state index in [1.54, 1.807) is 5.56 Å². The van der Waals surface area contributed by atoms with Crippen LogP contribution in [0.15, 0.2) is 84.9 Å². The van der Waals surface area contributed by atoms with Crippen LogP contribution in [0.3, 0.4) is 0 Å². The van der Waals surface area contributed by atoms with E-state index >= 15 is 0 Å². The second kappa shape index (κ2) is 6.69. The molecule has 1 atom stereocenters. The van der Waals surface area contributed by atoms with Crippen molar-refractivity contribution < 1.29 is 0 Å². The van der Waals surface area contributed by atoms with E-state index < -0.39 is 0 Å². The first-order valence-electron chi connectivity index (χ1n) is 12.2. The van der Waals surface area contributed by atoms with Crippen molar-refractivity contribution in [1.29, 1.82) is 0 Å². The molecule has 4 aromatic carbocycles. The third-order valence-electron chi connectivity index (χ3n) is 8.35. The van der Waals surface area contributed by atoms with Gasteiger partial charge in [-0.1, -0.05) is 110 Å². The Bertz CT molecular complexity index is 1360. The fraction of sp³-hybridized carbons (Fsp3) is 0.250. The molecule has 7 rings (SSSR count). The van der Waals surface area contributed by atoms with E-state index in [4.69, 9.17) is 0 Å². The molecule has 1 unspecified atom stereocenters. The predicted molar refractivity (Wildman–Crippen MR) is 133 cm³/mol. The summed E-state index contributed by atoms with van der Waals surface area (Å²) in [6.07, 6.45) is 6.82. The Morgan fingerprint density at radius 2 is 1.12 bits per heavy atom. The normalized spacial score (nSPS) is 20.7. The standard InChI is InChI=1S/C32H28/c1-21-15-17-26-24-11-5-7-13-28(24)32(30(26)19-21)29-14-8-6-12-25(29)27-18-16-23(20-31(27)32)22-9-3-2-4-10-22/h5-8,11-20,22H,2-4,9-10H2,1H3. The Kier molecular flexibility index (Phi) is 3.86. The van der Waals surface area contributed by atoms with Gasteiger partial charge in [0, 0.05) is 0 Å². The van der Waals surface area contributed by atoms with Gasteiger partial charge in [-0.3, -0.25) is 0 Å². The minimum absolute atomic E-state index is 0.200. The highest BCUT2D eigenvalue weighted by Crippen LogP contribution is 2.63. The number of benzene rings is 4. The number of hydrogen-bond acceptors (Lipinski definition) is 0. The molecule has 0 radical (unpaired) electrons. The molecule has 156 valence electrons. The van der Waals surface area contributed by atoms with Crippen molar-refractivity contribution >= 4 is 0 Å². The Hall–Kier alpha value is -3.12. The number of rotatable bonds is 1. The average Bonchev–Trinajstić information content (AvgIpc) is 3.31. The largest absolute Gasteiger partial charge is 0.0725 e. The van der Waals surface area contributed by atoms with Crippen molar-refractivity contribution in [2.75, 3.05) is 0 Å². The third kappa shape index (κ3) is 2.28. The van der Waals surface area contributed by atoms with E-state index in [9.17, 15) is 0 Å². The van der Waals surface area contributed by atoms with Crippen LogP contribution in [0.5, 0.6) is 0 Å². The van der Waals surface area contributed by atoms with Crippen LogP contribution in [0, 0.1) is 6.92 Å². The van der Waals surface area contributed by atoms with Gasteiger partial charge in [0.15, 0.2) is 0 Å². The maximum Gasteiger partial charge on any atom is 0.0725 e. The summed E-state index contributed by atoms with van der Waals surface area (Å²) in [6, 6.07) is 32.8. The fourth-order valence-electron chi connectivity index (χ4n) is 6.96. The van der Waals surface area contributed by atoms with E-state index in [1.165, 1.54) is 82.2 Å². The Balaban J connectivity index is 1.59. The molecule has 0 bridgehead atoms. The van der Waals surface area contributed by atoms with Gasteiger partial charge in [0.05, 0.1) is 5.41 Å². The first-order valence-corrected chi connectivity index (χ1v) is 12.2. The highest BCUT2D eigenvalue weighted by Gasteiger charge is 2.51. The van der Waals surface area contributed by atoms with E-state index in [0.717, 1.165) is 0 Å². The van der Waals surface area contributed by atoms with Crippen LogP contribution < -0.4 is 0 Å². The summed E-state index contributed by atoms with van der Waals surface area (Å²) < 4.78 is 0. The lowest BCUT2D eigenvalue weighted by Gasteiger charge is -2.31. The Morgan fingerprint density at radius 3 is 1.81 bits per heavy atom. The third-order valence-corrected chi connectivity index (χ3v) is 8.35. The average molecular weight is 413 g/mol. The molecular formula is C32H28. The molecule has 32 heavy (non-hydrogen) atoms. The summed E-state index contributed by atoms with van der Waals surface area (Å²) in [5.41, 5.74) is 14.2. The quantitative estimate of drug-likeness (QED) is 0.254. The van der Waals surface area contributed by atoms with Crippen LogP contribution in [0.1, 0.15) is 71.4 Å². The monoisotopic (exact) mass is 412 g/mol. The molecule has 4 aromatic rings. The zero-order valence-electron chi connectivity index (χ0n) is 18.7. The van der Waals surface area contributed by atoms with Crippen molar-refractivity contribution in [3.8, 4) is 22.3 Å². The zero-order valence-corrected chi connectivity index (χ0v) is 18.7. The van der Waals surface area contributed by atoms with Crippen LogP contribution in [0.25, 0.3) is 22.3 Å². The first kappa shape index (κ1) is 18.5. The molecule has 0 amide bonds. The molecule has 3 aliphatic rings. The van der Waals surface area contributed by atoms with Crippen molar-refractivity contribution in [2.45, 2.75) is 50.4 Å². The van der Waals surface area contributed by atoms with Crippen molar-refractivity contribution in [1.82, 2.24) is 0 Å². The van der Waals surface area contributed by atoms with E-state index in [-0.39, 0.29) is 5.41 Å². The van der Waals surface area contributed by atoms with Gasteiger partial charge in [-0.2, -0.15) is 0 Å². The summed E-state index contributed by atoms with van der Waals surface area (Å²) >= 11 is 0. The van der Waals surface area contributed by atoms with Gasteiger partial charge in [0.25, 0.3) is 0 Å². The molecule has 1 saturated carbocycles. The molecule has 0 heterocycles. The maximum absolute atomic E-state index is 2.60.